The summed E-state index contributed by atoms with van der Waals surface area (Å²) in [6.45, 7) is 0. The molecule has 3 heterocycles. The summed E-state index contributed by atoms with van der Waals surface area (Å²) in [5, 5.41) is 18.4. The van der Waals surface area contributed by atoms with E-state index in [1.54, 1.807) is 0 Å². The highest BCUT2D eigenvalue weighted by molar-refractivity contribution is 5.80. The normalized spacial score (nSPS) is 29.1. The Morgan fingerprint density at radius 1 is 1.00 bits per heavy atom. The monoisotopic (exact) mass is 182 g/mol. The maximum absolute atomic E-state index is 10.9. The van der Waals surface area contributed by atoms with Crippen molar-refractivity contribution in [3.63, 3.8) is 0 Å². The molecule has 0 spiro atoms. The third-order valence-corrected chi connectivity index (χ3v) is 1.98. The topological polar surface area (TPSA) is 104 Å². The molecular weight excluding hydrogens is 176 g/mol. The summed E-state index contributed by atoms with van der Waals surface area (Å²) < 4.78 is 4.49. The van der Waals surface area contributed by atoms with Crippen molar-refractivity contribution in [2.24, 2.45) is 0 Å². The van der Waals surface area contributed by atoms with Gasteiger partial charge in [-0.1, -0.05) is 0 Å². The Morgan fingerprint density at radius 3 is 2.08 bits per heavy atom. The van der Waals surface area contributed by atoms with Crippen LogP contribution in [0.1, 0.15) is 0 Å². The molecule has 2 aliphatic heterocycles. The van der Waals surface area contributed by atoms with Gasteiger partial charge in [-0.3, -0.25) is 0 Å². The lowest BCUT2D eigenvalue weighted by Gasteiger charge is -2.24. The number of rotatable bonds is 0. The zero-order valence-corrected chi connectivity index (χ0v) is 6.37. The largest absolute Gasteiger partial charge is 0.341 e. The zero-order valence-electron chi connectivity index (χ0n) is 6.37. The highest BCUT2D eigenvalue weighted by atomic mass is 16.6. The Labute approximate surface area is 72.0 Å². The van der Waals surface area contributed by atoms with E-state index in [-0.39, 0.29) is 18.4 Å². The number of amides is 2. The van der Waals surface area contributed by atoms with Crippen molar-refractivity contribution >= 4 is 17.7 Å². The van der Waals surface area contributed by atoms with Crippen molar-refractivity contribution in [2.75, 3.05) is 10.6 Å². The second kappa shape index (κ2) is 2.03. The predicted octanol–water partition coefficient (Wildman–Crippen LogP) is -1.13. The van der Waals surface area contributed by atoms with Gasteiger partial charge in [-0.15, -0.1) is 0 Å². The number of hydrogen-bond donors (Lipinski definition) is 4. The molecule has 3 rings (SSSR count). The average molecular weight is 182 g/mol. The lowest BCUT2D eigenvalue weighted by molar-refractivity contribution is 0.247. The summed E-state index contributed by atoms with van der Waals surface area (Å²) in [4.78, 5) is 10.9. The molecule has 0 aromatic carbocycles. The van der Waals surface area contributed by atoms with Crippen LogP contribution in [0.15, 0.2) is 4.63 Å². The van der Waals surface area contributed by atoms with E-state index in [0.29, 0.717) is 11.6 Å². The second-order valence-corrected chi connectivity index (χ2v) is 2.82. The quantitative estimate of drug-likeness (QED) is 0.405. The first-order valence-electron chi connectivity index (χ1n) is 3.75. The van der Waals surface area contributed by atoms with Crippen LogP contribution in [0, 0.1) is 0 Å². The van der Waals surface area contributed by atoms with Crippen LogP contribution in [0.25, 0.3) is 0 Å². The number of carbonyl (C=O) groups excluding carboxylic acids is 1. The third-order valence-electron chi connectivity index (χ3n) is 1.98. The molecule has 1 saturated heterocycles. The van der Waals surface area contributed by atoms with E-state index in [0.717, 1.165) is 0 Å². The van der Waals surface area contributed by atoms with Crippen molar-refractivity contribution < 1.29 is 9.42 Å². The number of anilines is 2. The fourth-order valence-corrected chi connectivity index (χ4v) is 1.40. The molecule has 8 heteroatoms. The number of nitrogens with one attached hydrogen (secondary N) is 4. The molecule has 13 heavy (non-hydrogen) atoms. The molecule has 2 amide bonds. The molecule has 0 unspecified atom stereocenters. The molecule has 0 bridgehead atoms. The van der Waals surface area contributed by atoms with Crippen LogP contribution in [0.2, 0.25) is 0 Å². The van der Waals surface area contributed by atoms with Gasteiger partial charge in [-0.05, 0) is 10.3 Å². The number of urea groups is 1. The summed E-state index contributed by atoms with van der Waals surface area (Å²) in [5.74, 6) is 1.01. The molecule has 2 atom stereocenters. The first kappa shape index (κ1) is 6.52. The fourth-order valence-electron chi connectivity index (χ4n) is 1.40. The van der Waals surface area contributed by atoms with Crippen molar-refractivity contribution in [2.45, 2.75) is 12.3 Å². The summed E-state index contributed by atoms with van der Waals surface area (Å²) in [6.07, 6.45) is -0.432. The molecule has 0 saturated carbocycles. The van der Waals surface area contributed by atoms with Crippen molar-refractivity contribution in [1.82, 2.24) is 20.9 Å². The smallest absolute Gasteiger partial charge is 0.318 e. The van der Waals surface area contributed by atoms with Crippen LogP contribution < -0.4 is 21.3 Å². The first-order chi connectivity index (χ1) is 6.33. The fraction of sp³-hybridized carbons (Fsp3) is 0.400. The Balaban J connectivity index is 1.94. The minimum Gasteiger partial charge on any atom is -0.341 e. The second-order valence-electron chi connectivity index (χ2n) is 2.82. The van der Waals surface area contributed by atoms with Crippen LogP contribution in [0.4, 0.5) is 16.4 Å². The predicted molar refractivity (Wildman–Crippen MR) is 40.8 cm³/mol. The van der Waals surface area contributed by atoms with E-state index in [4.69, 9.17) is 0 Å². The van der Waals surface area contributed by atoms with Crippen LogP contribution >= 0.6 is 0 Å². The molecule has 2 aliphatic rings. The molecule has 68 valence electrons. The maximum atomic E-state index is 10.9. The Hall–Kier alpha value is -1.99. The SMILES string of the molecule is O=C1N[C@H]2Nc3nonc3N[C@@H]2N1. The zero-order chi connectivity index (χ0) is 8.84. The van der Waals surface area contributed by atoms with Crippen molar-refractivity contribution in [1.29, 1.82) is 0 Å². The van der Waals surface area contributed by atoms with Crippen LogP contribution in [-0.4, -0.2) is 28.7 Å². The molecular formula is C5H6N6O2. The van der Waals surface area contributed by atoms with Gasteiger partial charge in [0.25, 0.3) is 0 Å². The van der Waals surface area contributed by atoms with Gasteiger partial charge in [0, 0.05) is 0 Å². The number of fused-ring (bicyclic) bond motifs is 2. The van der Waals surface area contributed by atoms with Crippen molar-refractivity contribution in [3.8, 4) is 0 Å². The number of hydrogen-bond acceptors (Lipinski definition) is 6. The molecule has 4 N–H and O–H groups in total. The lowest BCUT2D eigenvalue weighted by atomic mass is 10.3. The summed E-state index contributed by atoms with van der Waals surface area (Å²) >= 11 is 0. The highest BCUT2D eigenvalue weighted by Crippen LogP contribution is 2.23. The Bertz CT molecular complexity index is 331. The van der Waals surface area contributed by atoms with Crippen molar-refractivity contribution in [3.05, 3.63) is 0 Å². The molecule has 0 aliphatic carbocycles. The minimum absolute atomic E-state index is 0.216. The highest BCUT2D eigenvalue weighted by Gasteiger charge is 2.37. The summed E-state index contributed by atoms with van der Waals surface area (Å²) in [5.41, 5.74) is 0. The minimum atomic E-state index is -0.225. The van der Waals surface area contributed by atoms with Gasteiger partial charge in [0.2, 0.25) is 11.6 Å². The van der Waals surface area contributed by atoms with Crippen LogP contribution in [-0.2, 0) is 0 Å². The van der Waals surface area contributed by atoms with Gasteiger partial charge in [0.15, 0.2) is 0 Å². The van der Waals surface area contributed by atoms with E-state index < -0.39 is 0 Å². The average Bonchev–Trinajstić information content (AvgIpc) is 2.63. The van der Waals surface area contributed by atoms with Gasteiger partial charge in [-0.2, -0.15) is 0 Å². The van der Waals surface area contributed by atoms with E-state index in [1.165, 1.54) is 0 Å². The summed E-state index contributed by atoms with van der Waals surface area (Å²) in [6, 6.07) is -0.225. The van der Waals surface area contributed by atoms with E-state index >= 15 is 0 Å². The number of aromatic nitrogens is 2. The molecule has 1 fully saturated rings. The Morgan fingerprint density at radius 2 is 1.54 bits per heavy atom. The van der Waals surface area contributed by atoms with Gasteiger partial charge < -0.3 is 21.3 Å². The Kier molecular flexibility index (Phi) is 1.02. The van der Waals surface area contributed by atoms with Crippen LogP contribution in [0.3, 0.4) is 0 Å². The molecule has 8 nitrogen and oxygen atoms in total. The molecule has 1 aromatic rings. The molecule has 1 aromatic heterocycles. The summed E-state index contributed by atoms with van der Waals surface area (Å²) in [7, 11) is 0. The van der Waals surface area contributed by atoms with Crippen LogP contribution in [0.5, 0.6) is 0 Å². The number of carbonyl (C=O) groups is 1. The van der Waals surface area contributed by atoms with Gasteiger partial charge in [0.05, 0.1) is 0 Å². The van der Waals surface area contributed by atoms with Gasteiger partial charge in [0.1, 0.15) is 12.3 Å². The maximum Gasteiger partial charge on any atom is 0.318 e. The standard InChI is InChI=1S/C5H6N6O2/c12-5-8-1-2(9-5)7-4-3(6-1)10-13-11-4/h1-2H,(H,6,10)(H,7,11)(H2,8,9,12)/t1-,2-/m1/s1. The van der Waals surface area contributed by atoms with E-state index in [9.17, 15) is 4.79 Å². The third kappa shape index (κ3) is 0.819. The lowest BCUT2D eigenvalue weighted by Crippen LogP contribution is -2.48. The molecule has 0 radical (unpaired) electrons. The van der Waals surface area contributed by atoms with Gasteiger partial charge >= 0.3 is 6.03 Å². The van der Waals surface area contributed by atoms with E-state index in [1.807, 2.05) is 0 Å². The number of nitrogens with zero attached hydrogens (tertiary/aromatic N) is 2. The first-order valence-corrected chi connectivity index (χ1v) is 3.75. The van der Waals surface area contributed by atoms with Gasteiger partial charge in [-0.25, -0.2) is 9.42 Å². The van der Waals surface area contributed by atoms with E-state index in [2.05, 4.69) is 36.2 Å².